The molecule has 0 saturated heterocycles. The third kappa shape index (κ3) is 8.82. The van der Waals surface area contributed by atoms with Gasteiger partial charge in [0, 0.05) is 39.0 Å². The Morgan fingerprint density at radius 2 is 0.750 bits per heavy atom. The summed E-state index contributed by atoms with van der Waals surface area (Å²) in [5.41, 5.74) is 0. The predicted octanol–water partition coefficient (Wildman–Crippen LogP) is -2.11. The number of hydrogen-bond donors (Lipinski definition) is 0. The molecule has 0 aliphatic heterocycles. The Bertz CT molecular complexity index is 6.00. The van der Waals surface area contributed by atoms with Crippen LogP contribution < -0.4 is 0 Å². The van der Waals surface area contributed by atoms with E-state index in [1.165, 1.54) is 0 Å². The van der Waals surface area contributed by atoms with Gasteiger partial charge in [-0.05, 0) is 0 Å². The first-order valence-corrected chi connectivity index (χ1v) is 0. The van der Waals surface area contributed by atoms with Gasteiger partial charge in [0.1, 0.15) is 0 Å². The van der Waals surface area contributed by atoms with E-state index in [0.717, 1.165) is 0 Å². The van der Waals surface area contributed by atoms with Crippen molar-refractivity contribution >= 4 is 40.4 Å². The van der Waals surface area contributed by atoms with E-state index in [-0.39, 0.29) is 79.4 Å². The smallest absolute Gasteiger partial charge is 0 e. The van der Waals surface area contributed by atoms with E-state index in [1.807, 2.05) is 0 Å². The van der Waals surface area contributed by atoms with Crippen LogP contribution in [-0.4, -0.2) is 40.4 Å². The van der Waals surface area contributed by atoms with Gasteiger partial charge in [-0.1, -0.05) is 0 Å². The standard InChI is InChI=1S/Al.Mg.2Zn.5H. The Hall–Kier alpha value is 2.55. The van der Waals surface area contributed by atoms with E-state index in [2.05, 4.69) is 0 Å². The molecule has 0 rings (SSSR count). The summed E-state index contributed by atoms with van der Waals surface area (Å²) in [6, 6.07) is 0. The van der Waals surface area contributed by atoms with Crippen LogP contribution in [0.3, 0.4) is 0 Å². The van der Waals surface area contributed by atoms with Crippen molar-refractivity contribution in [1.82, 2.24) is 0 Å². The molecular weight excluding hydrogens is 182 g/mol. The van der Waals surface area contributed by atoms with Crippen LogP contribution in [0.2, 0.25) is 0 Å². The van der Waals surface area contributed by atoms with Crippen LogP contribution in [0.15, 0.2) is 0 Å². The fourth-order valence-corrected chi connectivity index (χ4v) is 0. The van der Waals surface area contributed by atoms with Crippen LogP contribution >= 0.6 is 0 Å². The molecule has 4 heavy (non-hydrogen) atoms. The van der Waals surface area contributed by atoms with Crippen molar-refractivity contribution in [3.8, 4) is 0 Å². The number of rotatable bonds is 0. The van der Waals surface area contributed by atoms with E-state index >= 15 is 0 Å². The molecule has 0 amide bonds. The Labute approximate surface area is 78.3 Å². The summed E-state index contributed by atoms with van der Waals surface area (Å²) in [5, 5.41) is 0. The van der Waals surface area contributed by atoms with Gasteiger partial charge < -0.3 is 0 Å². The molecule has 0 aliphatic carbocycles. The summed E-state index contributed by atoms with van der Waals surface area (Å²) in [5.74, 6) is 0. The van der Waals surface area contributed by atoms with Gasteiger partial charge in [-0.2, -0.15) is 0 Å². The average molecular weight is 187 g/mol. The summed E-state index contributed by atoms with van der Waals surface area (Å²) in [6.45, 7) is 0. The first-order chi connectivity index (χ1) is 0. The van der Waals surface area contributed by atoms with Crippen molar-refractivity contribution in [3.63, 3.8) is 0 Å². The second kappa shape index (κ2) is 17.7. The van der Waals surface area contributed by atoms with Crippen molar-refractivity contribution in [2.75, 3.05) is 0 Å². The van der Waals surface area contributed by atoms with Crippen molar-refractivity contribution in [2.24, 2.45) is 0 Å². The van der Waals surface area contributed by atoms with E-state index in [1.54, 1.807) is 0 Å². The Morgan fingerprint density at radius 3 is 0.750 bits per heavy atom. The Balaban J connectivity index is 0. The van der Waals surface area contributed by atoms with Crippen LogP contribution in [0, 0.1) is 0 Å². The fourth-order valence-electron chi connectivity index (χ4n) is 0. The first kappa shape index (κ1) is 31.1. The van der Waals surface area contributed by atoms with Crippen molar-refractivity contribution < 1.29 is 39.0 Å². The molecule has 0 saturated carbocycles. The van der Waals surface area contributed by atoms with E-state index in [4.69, 9.17) is 0 Å². The van der Waals surface area contributed by atoms with Gasteiger partial charge in [0.25, 0.3) is 0 Å². The van der Waals surface area contributed by atoms with E-state index < -0.39 is 0 Å². The minimum Gasteiger partial charge on any atom is 0 e. The summed E-state index contributed by atoms with van der Waals surface area (Å²) in [4.78, 5) is 0. The second-order valence-corrected chi connectivity index (χ2v) is 0. The zero-order chi connectivity index (χ0) is 0. The van der Waals surface area contributed by atoms with E-state index in [9.17, 15) is 0 Å². The number of hydrogen-bond acceptors (Lipinski definition) is 0. The molecule has 0 fully saturated rings. The topological polar surface area (TPSA) is 0 Å². The zero-order valence-electron chi connectivity index (χ0n) is 1.41. The second-order valence-electron chi connectivity index (χ2n) is 0. The average Bonchev–Trinajstić information content (AvgIpc) is 0. The molecule has 0 aromatic carbocycles. The Kier molecular flexibility index (Phi) is 137. The quantitative estimate of drug-likeness (QED) is 0.381. The van der Waals surface area contributed by atoms with Crippen LogP contribution in [0.25, 0.3) is 0 Å². The SMILES string of the molecule is [AlH3].[MgH2].[Zn].[Zn]. The van der Waals surface area contributed by atoms with Gasteiger partial charge in [-0.3, -0.25) is 0 Å². The van der Waals surface area contributed by atoms with Gasteiger partial charge >= 0.3 is 23.1 Å². The predicted molar refractivity (Wildman–Crippen MR) is 18.5 cm³/mol. The molecule has 0 nitrogen and oxygen atoms in total. The first-order valence-electron chi connectivity index (χ1n) is 0. The molecule has 4 heteroatoms. The van der Waals surface area contributed by atoms with Gasteiger partial charge in [-0.25, -0.2) is 0 Å². The fraction of sp³-hybridized carbons (Fsp3) is 0. The van der Waals surface area contributed by atoms with Gasteiger partial charge in [-0.15, -0.1) is 0 Å². The maximum atomic E-state index is 0. The third-order valence-corrected chi connectivity index (χ3v) is 0. The van der Waals surface area contributed by atoms with Crippen molar-refractivity contribution in [2.45, 2.75) is 0 Å². The summed E-state index contributed by atoms with van der Waals surface area (Å²) < 4.78 is 0. The Morgan fingerprint density at radius 1 is 0.750 bits per heavy atom. The monoisotopic (exact) mass is 184 g/mol. The zero-order valence-corrected chi connectivity index (χ0v) is 7.35. The molecule has 14 valence electrons. The van der Waals surface area contributed by atoms with Crippen LogP contribution in [-0.2, 0) is 39.0 Å². The molecule has 0 heterocycles. The largest absolute Gasteiger partial charge is 0.316 e. The van der Waals surface area contributed by atoms with Gasteiger partial charge in [0.15, 0.2) is 17.4 Å². The summed E-state index contributed by atoms with van der Waals surface area (Å²) in [6.07, 6.45) is 0. The summed E-state index contributed by atoms with van der Waals surface area (Å²) >= 11 is 0. The molecule has 0 aromatic rings. The van der Waals surface area contributed by atoms with Crippen LogP contribution in [0.5, 0.6) is 0 Å². The van der Waals surface area contributed by atoms with Gasteiger partial charge in [0.05, 0.1) is 0 Å². The molecular formula is H5AlMgZn2. The summed E-state index contributed by atoms with van der Waals surface area (Å²) in [7, 11) is 0. The molecule has 0 bridgehead atoms. The molecule has 0 spiro atoms. The van der Waals surface area contributed by atoms with Crippen LogP contribution in [0.1, 0.15) is 0 Å². The molecule has 0 radical (unpaired) electrons. The minimum absolute atomic E-state index is 0. The third-order valence-electron chi connectivity index (χ3n) is 0. The van der Waals surface area contributed by atoms with Gasteiger partial charge in [0.2, 0.25) is 0 Å². The van der Waals surface area contributed by atoms with Crippen LogP contribution in [0.4, 0.5) is 0 Å². The maximum Gasteiger partial charge on any atom is 0.316 e. The maximum absolute atomic E-state index is 0. The molecule has 0 aromatic heterocycles. The molecule has 0 unspecified atom stereocenters. The van der Waals surface area contributed by atoms with Crippen molar-refractivity contribution in [3.05, 3.63) is 0 Å². The van der Waals surface area contributed by atoms with Crippen molar-refractivity contribution in [1.29, 1.82) is 0 Å². The molecule has 0 atom stereocenters. The molecule has 0 N–H and O–H groups in total. The van der Waals surface area contributed by atoms with E-state index in [0.29, 0.717) is 0 Å². The minimum atomic E-state index is 0. The normalized spacial score (nSPS) is 0. The molecule has 0 aliphatic rings.